The van der Waals surface area contributed by atoms with Crippen LogP contribution in [-0.4, -0.2) is 27.6 Å². The molecule has 0 bridgehead atoms. The molecular formula is C3H5NaO4S. The minimum absolute atomic E-state index is 0. The molecule has 0 saturated carbocycles. The van der Waals surface area contributed by atoms with Crippen molar-refractivity contribution >= 4 is 17.0 Å². The van der Waals surface area contributed by atoms with Gasteiger partial charge in [0.1, 0.15) is 5.75 Å². The first-order chi connectivity index (χ1) is 3.66. The molecule has 0 aliphatic heterocycles. The fourth-order valence-electron chi connectivity index (χ4n) is 0.155. The van der Waals surface area contributed by atoms with Crippen molar-refractivity contribution in [1.82, 2.24) is 0 Å². The number of hydrogen-bond acceptors (Lipinski definition) is 4. The predicted molar refractivity (Wildman–Crippen MR) is 25.8 cm³/mol. The molecule has 6 heteroatoms. The topological polar surface area (TPSA) is 66.4 Å². The third kappa shape index (κ3) is 8.58. The average molecular weight is 160 g/mol. The smallest absolute Gasteiger partial charge is 0.772 e. The van der Waals surface area contributed by atoms with Gasteiger partial charge in [0.05, 0.1) is 7.11 Å². The molecule has 0 aromatic heterocycles. The first kappa shape index (κ1) is 12.3. The Morgan fingerprint density at radius 3 is 2.33 bits per heavy atom. The largest absolute Gasteiger partial charge is 1.00 e. The van der Waals surface area contributed by atoms with Crippen LogP contribution in [-0.2, 0) is 20.6 Å². The molecule has 9 heavy (non-hydrogen) atoms. The summed E-state index contributed by atoms with van der Waals surface area (Å²) >= 11 is -2.32. The Morgan fingerprint density at radius 1 is 1.78 bits per heavy atom. The van der Waals surface area contributed by atoms with E-state index in [0.29, 0.717) is 0 Å². The van der Waals surface area contributed by atoms with Crippen LogP contribution in [0.2, 0.25) is 0 Å². The van der Waals surface area contributed by atoms with Gasteiger partial charge in [-0.2, -0.15) is 0 Å². The molecule has 0 aromatic rings. The Balaban J connectivity index is 0. The first-order valence-electron chi connectivity index (χ1n) is 1.79. The molecule has 0 fully saturated rings. The molecular weight excluding hydrogens is 155 g/mol. The van der Waals surface area contributed by atoms with E-state index in [1.165, 1.54) is 0 Å². The van der Waals surface area contributed by atoms with Gasteiger partial charge in [-0.25, -0.2) is 0 Å². The van der Waals surface area contributed by atoms with Gasteiger partial charge < -0.3 is 9.29 Å². The fraction of sp³-hybridized carbons (Fsp3) is 0.667. The minimum Gasteiger partial charge on any atom is -0.772 e. The van der Waals surface area contributed by atoms with E-state index in [9.17, 15) is 13.6 Å². The van der Waals surface area contributed by atoms with E-state index in [0.717, 1.165) is 7.11 Å². The molecule has 4 nitrogen and oxygen atoms in total. The molecule has 0 aliphatic rings. The van der Waals surface area contributed by atoms with Crippen LogP contribution in [0.15, 0.2) is 0 Å². The van der Waals surface area contributed by atoms with Crippen LogP contribution in [0.25, 0.3) is 0 Å². The van der Waals surface area contributed by atoms with Crippen LogP contribution in [0.3, 0.4) is 0 Å². The van der Waals surface area contributed by atoms with Gasteiger partial charge >= 0.3 is 35.5 Å². The Labute approximate surface area is 77.5 Å². The average Bonchev–Trinajstić information content (AvgIpc) is 1.65. The Kier molecular flexibility index (Phi) is 9.13. The van der Waals surface area contributed by atoms with Crippen LogP contribution in [0.5, 0.6) is 0 Å². The Bertz CT molecular complexity index is 114. The number of carbonyl (C=O) groups is 1. The van der Waals surface area contributed by atoms with E-state index < -0.39 is 22.8 Å². The van der Waals surface area contributed by atoms with Gasteiger partial charge in [0.25, 0.3) is 0 Å². The normalized spacial score (nSPS) is 11.3. The molecule has 0 saturated heterocycles. The second-order valence-corrected chi connectivity index (χ2v) is 1.92. The molecule has 0 amide bonds. The summed E-state index contributed by atoms with van der Waals surface area (Å²) in [5.74, 6) is -1.30. The number of rotatable bonds is 2. The van der Waals surface area contributed by atoms with Gasteiger partial charge in [-0.3, -0.25) is 9.00 Å². The van der Waals surface area contributed by atoms with E-state index in [1.807, 2.05) is 0 Å². The fourth-order valence-corrected chi connectivity index (χ4v) is 0.465. The number of methoxy groups -OCH3 is 1. The summed E-state index contributed by atoms with van der Waals surface area (Å²) in [6, 6.07) is 0. The van der Waals surface area contributed by atoms with Gasteiger partial charge in [-0.05, 0) is 11.1 Å². The third-order valence-electron chi connectivity index (χ3n) is 0.463. The van der Waals surface area contributed by atoms with Crippen molar-refractivity contribution in [2.24, 2.45) is 0 Å². The zero-order valence-electron chi connectivity index (χ0n) is 5.25. The number of ether oxygens (including phenoxy) is 1. The maximum absolute atomic E-state index is 10.0. The number of carbonyl (C=O) groups excluding carboxylic acids is 1. The van der Waals surface area contributed by atoms with Gasteiger partial charge in [-0.1, -0.05) is 0 Å². The van der Waals surface area contributed by atoms with Crippen molar-refractivity contribution in [3.8, 4) is 0 Å². The van der Waals surface area contributed by atoms with Crippen molar-refractivity contribution in [1.29, 1.82) is 0 Å². The molecule has 0 spiro atoms. The predicted octanol–water partition coefficient (Wildman–Crippen LogP) is -3.96. The van der Waals surface area contributed by atoms with Crippen molar-refractivity contribution < 1.29 is 47.9 Å². The van der Waals surface area contributed by atoms with E-state index in [1.54, 1.807) is 0 Å². The summed E-state index contributed by atoms with van der Waals surface area (Å²) in [6.07, 6.45) is 0. The summed E-state index contributed by atoms with van der Waals surface area (Å²) in [7, 11) is 1.13. The molecule has 0 heterocycles. The molecule has 48 valence electrons. The van der Waals surface area contributed by atoms with Crippen molar-refractivity contribution in [3.63, 3.8) is 0 Å². The van der Waals surface area contributed by atoms with Crippen LogP contribution in [0.4, 0.5) is 0 Å². The van der Waals surface area contributed by atoms with Gasteiger partial charge in [0.15, 0.2) is 0 Å². The Morgan fingerprint density at radius 2 is 2.22 bits per heavy atom. The summed E-state index contributed by atoms with van der Waals surface area (Å²) < 4.78 is 23.4. The molecule has 1 atom stereocenters. The molecule has 0 aromatic carbocycles. The van der Waals surface area contributed by atoms with E-state index in [-0.39, 0.29) is 29.6 Å². The van der Waals surface area contributed by atoms with E-state index in [2.05, 4.69) is 4.74 Å². The molecule has 0 aliphatic carbocycles. The van der Waals surface area contributed by atoms with Crippen molar-refractivity contribution in [2.75, 3.05) is 12.9 Å². The standard InChI is InChI=1S/C3H6O4S.Na/c1-7-3(4)2-8(5)6;/h2H2,1H3,(H,5,6);/q;+1/p-1. The Hall–Kier alpha value is 0.580. The summed E-state index contributed by atoms with van der Waals surface area (Å²) in [4.78, 5) is 10.0. The quantitative estimate of drug-likeness (QED) is 0.235. The SMILES string of the molecule is COC(=O)CS(=O)[O-].[Na+]. The molecule has 0 N–H and O–H groups in total. The first-order valence-corrected chi connectivity index (χ1v) is 3.04. The molecule has 1 unspecified atom stereocenters. The maximum Gasteiger partial charge on any atom is 1.00 e. The van der Waals surface area contributed by atoms with Gasteiger partial charge in [-0.15, -0.1) is 0 Å². The van der Waals surface area contributed by atoms with E-state index >= 15 is 0 Å². The molecule has 0 rings (SSSR count). The van der Waals surface area contributed by atoms with Gasteiger partial charge in [0.2, 0.25) is 0 Å². The summed E-state index contributed by atoms with van der Waals surface area (Å²) in [6.45, 7) is 0. The molecule has 0 radical (unpaired) electrons. The van der Waals surface area contributed by atoms with Crippen LogP contribution in [0, 0.1) is 0 Å². The van der Waals surface area contributed by atoms with Crippen molar-refractivity contribution in [2.45, 2.75) is 0 Å². The summed E-state index contributed by atoms with van der Waals surface area (Å²) in [5, 5.41) is 0. The van der Waals surface area contributed by atoms with Crippen LogP contribution < -0.4 is 29.6 Å². The second kappa shape index (κ2) is 6.70. The number of esters is 1. The zero-order chi connectivity index (χ0) is 6.57. The summed E-state index contributed by atoms with van der Waals surface area (Å²) in [5.41, 5.74) is 0. The minimum atomic E-state index is -2.32. The zero-order valence-corrected chi connectivity index (χ0v) is 8.06. The second-order valence-electron chi connectivity index (χ2n) is 1.02. The maximum atomic E-state index is 10.0. The third-order valence-corrected chi connectivity index (χ3v) is 0.935. The van der Waals surface area contributed by atoms with Crippen LogP contribution >= 0.6 is 0 Å². The monoisotopic (exact) mass is 160 g/mol. The van der Waals surface area contributed by atoms with Gasteiger partial charge in [0, 0.05) is 0 Å². The van der Waals surface area contributed by atoms with Crippen molar-refractivity contribution in [3.05, 3.63) is 0 Å². The van der Waals surface area contributed by atoms with E-state index in [4.69, 9.17) is 0 Å². The number of hydrogen-bond donors (Lipinski definition) is 0. The van der Waals surface area contributed by atoms with Crippen LogP contribution in [0.1, 0.15) is 0 Å².